The highest BCUT2D eigenvalue weighted by Crippen LogP contribution is 2.16. The van der Waals surface area contributed by atoms with Gasteiger partial charge >= 0.3 is 10.4 Å². The molecule has 3 aromatic heterocycles. The van der Waals surface area contributed by atoms with Crippen molar-refractivity contribution < 1.29 is 17.3 Å². The Morgan fingerprint density at radius 3 is 1.59 bits per heavy atom. The molecule has 0 atom stereocenters. The molecule has 0 aliphatic heterocycles. The molecule has 0 bridgehead atoms. The Morgan fingerprint density at radius 1 is 0.812 bits per heavy atom. The maximum Gasteiger partial charge on any atom is 0.466 e. The van der Waals surface area contributed by atoms with Gasteiger partial charge in [-0.25, -0.2) is 13.6 Å². The smallest absolute Gasteiger partial charge is 0.285 e. The first-order valence-electron chi connectivity index (χ1n) is 9.83. The normalized spacial score (nSPS) is 13.1. The van der Waals surface area contributed by atoms with Crippen LogP contribution in [0.25, 0.3) is 0 Å². The minimum absolute atomic E-state index is 0.207. The predicted octanol–water partition coefficient (Wildman–Crippen LogP) is 0.405. The Kier molecular flexibility index (Phi) is 6.35. The molecule has 0 aliphatic carbocycles. The lowest BCUT2D eigenvalue weighted by molar-refractivity contribution is 0.202. The summed E-state index contributed by atoms with van der Waals surface area (Å²) in [5, 5.41) is 24.4. The molecule has 3 heterocycles. The van der Waals surface area contributed by atoms with Gasteiger partial charge in [0.25, 0.3) is 0 Å². The van der Waals surface area contributed by atoms with Gasteiger partial charge in [0.05, 0.1) is 41.1 Å². The Balaban J connectivity index is 1.80. The van der Waals surface area contributed by atoms with E-state index in [9.17, 15) is 8.42 Å². The SMILES string of the molecule is CC(C)(C)n1cc(CN(Cc2cn(OS(=O)(=O)O)nn2)Cc2cn(C(C)(C)C)nn2)nn1. The van der Waals surface area contributed by atoms with Crippen LogP contribution in [-0.2, 0) is 41.1 Å². The van der Waals surface area contributed by atoms with E-state index in [1.54, 1.807) is 9.36 Å². The molecule has 1 N–H and O–H groups in total. The zero-order chi connectivity index (χ0) is 23.7. The van der Waals surface area contributed by atoms with E-state index in [2.05, 4.69) is 35.2 Å². The summed E-state index contributed by atoms with van der Waals surface area (Å²) in [5.74, 6) is 0. The van der Waals surface area contributed by atoms with Crippen molar-refractivity contribution in [1.82, 2.24) is 50.0 Å². The Bertz CT molecular complexity index is 1100. The average molecular weight is 469 g/mol. The largest absolute Gasteiger partial charge is 0.466 e. The Morgan fingerprint density at radius 2 is 1.22 bits per heavy atom. The van der Waals surface area contributed by atoms with Crippen molar-refractivity contribution in [1.29, 1.82) is 0 Å². The molecule has 0 fully saturated rings. The molecular formula is C17H28N10O4S. The second-order valence-corrected chi connectivity index (χ2v) is 10.4. The standard InChI is InChI=1S/C17H28N10O4S/c1-16(2,3)25-10-13(18-21-25)7-24(8-14-11-26(22-19-14)17(4,5)6)9-15-12-27(23-20-15)31-32(28,29)30/h10-12H,7-9H2,1-6H3,(H,28,29,30). The van der Waals surface area contributed by atoms with Crippen LogP contribution in [0, 0.1) is 0 Å². The molecule has 15 heteroatoms. The first-order valence-corrected chi connectivity index (χ1v) is 11.2. The van der Waals surface area contributed by atoms with Crippen LogP contribution in [0.15, 0.2) is 18.6 Å². The molecule has 14 nitrogen and oxygen atoms in total. The summed E-state index contributed by atoms with van der Waals surface area (Å²) in [6, 6.07) is 0. The zero-order valence-electron chi connectivity index (χ0n) is 18.9. The van der Waals surface area contributed by atoms with Gasteiger partial charge in [0, 0.05) is 19.6 Å². The van der Waals surface area contributed by atoms with Crippen LogP contribution in [0.3, 0.4) is 0 Å². The molecule has 176 valence electrons. The van der Waals surface area contributed by atoms with E-state index >= 15 is 0 Å². The van der Waals surface area contributed by atoms with Crippen molar-refractivity contribution in [3.05, 3.63) is 35.7 Å². The van der Waals surface area contributed by atoms with Crippen LogP contribution in [0.5, 0.6) is 0 Å². The van der Waals surface area contributed by atoms with Crippen LogP contribution in [0.1, 0.15) is 58.6 Å². The molecular weight excluding hydrogens is 440 g/mol. The Hall–Kier alpha value is -2.91. The van der Waals surface area contributed by atoms with E-state index in [1.165, 1.54) is 6.20 Å². The van der Waals surface area contributed by atoms with E-state index in [-0.39, 0.29) is 17.6 Å². The first kappa shape index (κ1) is 23.7. The zero-order valence-corrected chi connectivity index (χ0v) is 19.7. The topological polar surface area (TPSA) is 159 Å². The molecule has 0 radical (unpaired) electrons. The molecule has 3 aromatic rings. The van der Waals surface area contributed by atoms with E-state index in [1.807, 2.05) is 58.8 Å². The number of nitrogens with zero attached hydrogens (tertiary/aromatic N) is 10. The second kappa shape index (κ2) is 8.55. The lowest BCUT2D eigenvalue weighted by Crippen LogP contribution is -2.24. The average Bonchev–Trinajstić information content (AvgIpc) is 3.33. The molecule has 0 saturated carbocycles. The summed E-state index contributed by atoms with van der Waals surface area (Å²) < 4.78 is 38.4. The fourth-order valence-electron chi connectivity index (χ4n) is 2.74. The van der Waals surface area contributed by atoms with Gasteiger partial charge < -0.3 is 0 Å². The fraction of sp³-hybridized carbons (Fsp3) is 0.647. The van der Waals surface area contributed by atoms with E-state index in [0.29, 0.717) is 23.6 Å². The van der Waals surface area contributed by atoms with Crippen molar-refractivity contribution in [2.45, 2.75) is 72.3 Å². The minimum Gasteiger partial charge on any atom is -0.285 e. The van der Waals surface area contributed by atoms with E-state index in [0.717, 1.165) is 11.4 Å². The highest BCUT2D eigenvalue weighted by molar-refractivity contribution is 7.81. The number of hydrogen-bond donors (Lipinski definition) is 1. The molecule has 0 aliphatic rings. The molecule has 0 amide bonds. The lowest BCUT2D eigenvalue weighted by atomic mass is 10.1. The van der Waals surface area contributed by atoms with Crippen LogP contribution in [-0.4, -0.2) is 63.0 Å². The third-order valence-corrected chi connectivity index (χ3v) is 4.65. The number of hydrogen-bond acceptors (Lipinski definition) is 10. The summed E-state index contributed by atoms with van der Waals surface area (Å²) in [5.41, 5.74) is 1.48. The molecule has 0 unspecified atom stereocenters. The summed E-state index contributed by atoms with van der Waals surface area (Å²) >= 11 is 0. The second-order valence-electron chi connectivity index (χ2n) is 9.41. The predicted molar refractivity (Wildman–Crippen MR) is 111 cm³/mol. The van der Waals surface area contributed by atoms with Gasteiger partial charge in [0.2, 0.25) is 0 Å². The summed E-state index contributed by atoms with van der Waals surface area (Å²) in [7, 11) is -4.71. The van der Waals surface area contributed by atoms with Crippen LogP contribution >= 0.6 is 0 Å². The van der Waals surface area contributed by atoms with Crippen molar-refractivity contribution in [3.63, 3.8) is 0 Å². The van der Waals surface area contributed by atoms with Gasteiger partial charge in [-0.1, -0.05) is 15.3 Å². The molecule has 3 rings (SSSR count). The van der Waals surface area contributed by atoms with Gasteiger partial charge in [-0.15, -0.1) is 15.3 Å². The maximum atomic E-state index is 10.9. The van der Waals surface area contributed by atoms with Gasteiger partial charge in [-0.2, -0.15) is 8.42 Å². The third kappa shape index (κ3) is 6.54. The van der Waals surface area contributed by atoms with Crippen molar-refractivity contribution in [2.24, 2.45) is 0 Å². The molecule has 0 aromatic carbocycles. The van der Waals surface area contributed by atoms with Crippen LogP contribution in [0.4, 0.5) is 0 Å². The highest BCUT2D eigenvalue weighted by atomic mass is 32.3. The van der Waals surface area contributed by atoms with Gasteiger partial charge in [-0.05, 0) is 46.8 Å². The van der Waals surface area contributed by atoms with E-state index in [4.69, 9.17) is 4.55 Å². The van der Waals surface area contributed by atoms with Crippen molar-refractivity contribution in [3.8, 4) is 0 Å². The summed E-state index contributed by atoms with van der Waals surface area (Å²) in [6.45, 7) is 13.3. The van der Waals surface area contributed by atoms with E-state index < -0.39 is 10.4 Å². The monoisotopic (exact) mass is 468 g/mol. The van der Waals surface area contributed by atoms with Crippen molar-refractivity contribution in [2.75, 3.05) is 0 Å². The summed E-state index contributed by atoms with van der Waals surface area (Å²) in [4.78, 5) is 2.56. The van der Waals surface area contributed by atoms with Crippen molar-refractivity contribution >= 4 is 10.4 Å². The maximum absolute atomic E-state index is 10.9. The fourth-order valence-corrected chi connectivity index (χ4v) is 3.00. The number of aromatic nitrogens is 9. The highest BCUT2D eigenvalue weighted by Gasteiger charge is 2.20. The quantitative estimate of drug-likeness (QED) is 0.456. The van der Waals surface area contributed by atoms with Crippen LogP contribution in [0.2, 0.25) is 0 Å². The van der Waals surface area contributed by atoms with Gasteiger partial charge in [0.15, 0.2) is 0 Å². The first-order chi connectivity index (χ1) is 14.7. The molecule has 0 spiro atoms. The molecule has 0 saturated heterocycles. The summed E-state index contributed by atoms with van der Waals surface area (Å²) in [6.07, 6.45) is 5.01. The Labute approximate surface area is 186 Å². The lowest BCUT2D eigenvalue weighted by Gasteiger charge is -2.20. The third-order valence-electron chi connectivity index (χ3n) is 4.30. The number of rotatable bonds is 8. The van der Waals surface area contributed by atoms with Gasteiger partial charge in [0.1, 0.15) is 5.69 Å². The minimum atomic E-state index is -4.71. The van der Waals surface area contributed by atoms with Crippen LogP contribution < -0.4 is 4.28 Å². The van der Waals surface area contributed by atoms with Gasteiger partial charge in [-0.3, -0.25) is 9.45 Å². The molecule has 32 heavy (non-hydrogen) atoms.